The van der Waals surface area contributed by atoms with Crippen LogP contribution in [-0.4, -0.2) is 31.5 Å². The van der Waals surface area contributed by atoms with Crippen LogP contribution in [0.15, 0.2) is 46.0 Å². The SMILES string of the molecule is Cc1cc(C=C2C(=N)N3N=C(C(C)C)SC3=NC2=O)c(C)n1-c1cccc(F)c1. The molecule has 1 amide bonds. The number of halogens is 1. The number of aryl methyl sites for hydroxylation is 1. The molecule has 0 fully saturated rings. The van der Waals surface area contributed by atoms with E-state index in [1.165, 1.54) is 28.9 Å². The van der Waals surface area contributed by atoms with Gasteiger partial charge in [-0.1, -0.05) is 19.9 Å². The lowest BCUT2D eigenvalue weighted by molar-refractivity contribution is -0.114. The van der Waals surface area contributed by atoms with Crippen molar-refractivity contribution >= 4 is 39.8 Å². The van der Waals surface area contributed by atoms with Crippen molar-refractivity contribution < 1.29 is 9.18 Å². The number of rotatable bonds is 3. The van der Waals surface area contributed by atoms with E-state index in [1.54, 1.807) is 12.1 Å². The maximum absolute atomic E-state index is 13.7. The van der Waals surface area contributed by atoms with Crippen molar-refractivity contribution in [3.63, 3.8) is 0 Å². The lowest BCUT2D eigenvalue weighted by atomic mass is 10.1. The maximum Gasteiger partial charge on any atom is 0.283 e. The molecule has 0 unspecified atom stereocenters. The average molecular weight is 409 g/mol. The van der Waals surface area contributed by atoms with Crippen molar-refractivity contribution in [3.05, 3.63) is 58.7 Å². The third kappa shape index (κ3) is 3.33. The van der Waals surface area contributed by atoms with Crippen LogP contribution in [-0.2, 0) is 4.79 Å². The van der Waals surface area contributed by atoms with Gasteiger partial charge in [-0.3, -0.25) is 10.2 Å². The summed E-state index contributed by atoms with van der Waals surface area (Å²) in [5.41, 5.74) is 3.41. The van der Waals surface area contributed by atoms with Crippen LogP contribution in [0.1, 0.15) is 30.8 Å². The lowest BCUT2D eigenvalue weighted by Crippen LogP contribution is -2.35. The zero-order valence-electron chi connectivity index (χ0n) is 16.5. The van der Waals surface area contributed by atoms with Crippen LogP contribution in [0, 0.1) is 31.0 Å². The number of hydrogen-bond donors (Lipinski definition) is 1. The first-order valence-corrected chi connectivity index (χ1v) is 10.0. The predicted molar refractivity (Wildman–Crippen MR) is 115 cm³/mol. The highest BCUT2D eigenvalue weighted by Crippen LogP contribution is 2.31. The Morgan fingerprint density at radius 1 is 1.24 bits per heavy atom. The fourth-order valence-corrected chi connectivity index (χ4v) is 4.23. The Balaban J connectivity index is 1.75. The smallest absolute Gasteiger partial charge is 0.283 e. The molecule has 6 nitrogen and oxygen atoms in total. The van der Waals surface area contributed by atoms with Gasteiger partial charge in [-0.15, -0.1) is 0 Å². The van der Waals surface area contributed by atoms with Gasteiger partial charge in [0, 0.05) is 23.0 Å². The van der Waals surface area contributed by atoms with Gasteiger partial charge in [-0.05, 0) is 61.5 Å². The number of fused-ring (bicyclic) bond motifs is 1. The number of amidine groups is 2. The largest absolute Gasteiger partial charge is 0.318 e. The monoisotopic (exact) mass is 409 g/mol. The number of carbonyl (C=O) groups is 1. The molecule has 0 spiro atoms. The molecule has 2 aliphatic rings. The molecular formula is C21H20FN5OS. The highest BCUT2D eigenvalue weighted by atomic mass is 32.2. The standard InChI is InChI=1S/C21H20FN5OS/c1-11(2)20-25-27-18(23)17(19(28)24-21(27)29-20)9-14-8-12(3)26(13(14)4)16-7-5-6-15(22)10-16/h5-11,23H,1-4H3. The van der Waals surface area contributed by atoms with Crippen molar-refractivity contribution in [1.82, 2.24) is 9.58 Å². The molecule has 0 atom stereocenters. The minimum absolute atomic E-state index is 0.0127. The summed E-state index contributed by atoms with van der Waals surface area (Å²) in [6.07, 6.45) is 1.66. The van der Waals surface area contributed by atoms with Crippen molar-refractivity contribution in [1.29, 1.82) is 5.41 Å². The van der Waals surface area contributed by atoms with E-state index < -0.39 is 5.91 Å². The minimum atomic E-state index is -0.454. The molecule has 2 aromatic rings. The molecule has 3 heterocycles. The summed E-state index contributed by atoms with van der Waals surface area (Å²) < 4.78 is 15.6. The first kappa shape index (κ1) is 19.3. The average Bonchev–Trinajstić information content (AvgIpc) is 3.20. The number of thioether (sulfide) groups is 1. The van der Waals surface area contributed by atoms with Gasteiger partial charge in [0.2, 0.25) is 5.17 Å². The van der Waals surface area contributed by atoms with E-state index in [0.29, 0.717) is 10.9 Å². The third-order valence-electron chi connectivity index (χ3n) is 4.80. The number of nitrogens with zero attached hydrogens (tertiary/aromatic N) is 4. The van der Waals surface area contributed by atoms with Crippen LogP contribution >= 0.6 is 11.8 Å². The zero-order valence-corrected chi connectivity index (χ0v) is 17.3. The number of aliphatic imine (C=N–C) groups is 1. The van der Waals surface area contributed by atoms with E-state index >= 15 is 0 Å². The van der Waals surface area contributed by atoms with Crippen LogP contribution in [0.5, 0.6) is 0 Å². The number of benzene rings is 1. The number of hydrogen-bond acceptors (Lipinski definition) is 4. The quantitative estimate of drug-likeness (QED) is 0.758. The summed E-state index contributed by atoms with van der Waals surface area (Å²) in [5, 5.41) is 15.6. The highest BCUT2D eigenvalue weighted by Gasteiger charge is 2.36. The Morgan fingerprint density at radius 2 is 2.00 bits per heavy atom. The van der Waals surface area contributed by atoms with Gasteiger partial charge in [0.25, 0.3) is 5.91 Å². The van der Waals surface area contributed by atoms with Crippen molar-refractivity contribution in [3.8, 4) is 5.69 Å². The van der Waals surface area contributed by atoms with E-state index in [4.69, 9.17) is 5.41 Å². The number of nitrogens with one attached hydrogen (secondary N) is 1. The van der Waals surface area contributed by atoms with Crippen LogP contribution in [0.4, 0.5) is 4.39 Å². The molecule has 1 aromatic carbocycles. The van der Waals surface area contributed by atoms with Crippen LogP contribution in [0.3, 0.4) is 0 Å². The fraction of sp³-hybridized carbons (Fsp3) is 0.238. The Hall–Kier alpha value is -3.00. The Morgan fingerprint density at radius 3 is 2.69 bits per heavy atom. The number of amides is 1. The third-order valence-corrected chi connectivity index (χ3v) is 6.01. The second-order valence-corrected chi connectivity index (χ2v) is 8.24. The molecule has 4 rings (SSSR count). The summed E-state index contributed by atoms with van der Waals surface area (Å²) >= 11 is 1.32. The van der Waals surface area contributed by atoms with E-state index in [9.17, 15) is 9.18 Å². The number of carbonyl (C=O) groups excluding carboxylic acids is 1. The summed E-state index contributed by atoms with van der Waals surface area (Å²) in [4.78, 5) is 16.7. The first-order chi connectivity index (χ1) is 13.8. The summed E-state index contributed by atoms with van der Waals surface area (Å²) in [6.45, 7) is 7.83. The molecule has 29 heavy (non-hydrogen) atoms. The van der Waals surface area contributed by atoms with E-state index in [1.807, 2.05) is 44.4 Å². The molecule has 0 radical (unpaired) electrons. The summed E-state index contributed by atoms with van der Waals surface area (Å²) in [5.74, 6) is -0.566. The molecule has 0 saturated heterocycles. The van der Waals surface area contributed by atoms with Crippen molar-refractivity contribution in [2.45, 2.75) is 27.7 Å². The molecule has 0 saturated carbocycles. The molecule has 148 valence electrons. The van der Waals surface area contributed by atoms with Gasteiger partial charge < -0.3 is 4.57 Å². The van der Waals surface area contributed by atoms with Crippen LogP contribution in [0.2, 0.25) is 0 Å². The summed E-state index contributed by atoms with van der Waals surface area (Å²) in [7, 11) is 0. The summed E-state index contributed by atoms with van der Waals surface area (Å²) in [6, 6.07) is 8.26. The molecule has 1 aromatic heterocycles. The van der Waals surface area contributed by atoms with Crippen LogP contribution < -0.4 is 0 Å². The van der Waals surface area contributed by atoms with Gasteiger partial charge in [0.1, 0.15) is 10.9 Å². The molecule has 8 heteroatoms. The van der Waals surface area contributed by atoms with E-state index in [2.05, 4.69) is 10.1 Å². The lowest BCUT2D eigenvalue weighted by Gasteiger charge is -2.20. The van der Waals surface area contributed by atoms with Gasteiger partial charge >= 0.3 is 0 Å². The fourth-order valence-electron chi connectivity index (χ4n) is 3.34. The Kier molecular flexibility index (Phi) is 4.74. The number of aromatic nitrogens is 1. The minimum Gasteiger partial charge on any atom is -0.318 e. The molecule has 0 bridgehead atoms. The van der Waals surface area contributed by atoms with Crippen LogP contribution in [0.25, 0.3) is 11.8 Å². The Labute approximate surface area is 172 Å². The van der Waals surface area contributed by atoms with Gasteiger partial charge in [-0.2, -0.15) is 15.1 Å². The molecule has 0 aliphatic carbocycles. The van der Waals surface area contributed by atoms with Gasteiger partial charge in [0.15, 0.2) is 5.84 Å². The predicted octanol–water partition coefficient (Wildman–Crippen LogP) is 4.51. The van der Waals surface area contributed by atoms with Crippen molar-refractivity contribution in [2.24, 2.45) is 16.0 Å². The first-order valence-electron chi connectivity index (χ1n) is 9.21. The Bertz CT molecular complexity index is 1140. The van der Waals surface area contributed by atoms with Gasteiger partial charge in [0.05, 0.1) is 5.57 Å². The second kappa shape index (κ2) is 7.11. The highest BCUT2D eigenvalue weighted by molar-refractivity contribution is 8.27. The second-order valence-electron chi connectivity index (χ2n) is 7.25. The maximum atomic E-state index is 13.7. The topological polar surface area (TPSA) is 73.8 Å². The zero-order chi connectivity index (χ0) is 20.9. The molecular weight excluding hydrogens is 389 g/mol. The normalized spacial score (nSPS) is 17.9. The van der Waals surface area contributed by atoms with Gasteiger partial charge in [-0.25, -0.2) is 4.39 Å². The number of hydrazone groups is 1. The van der Waals surface area contributed by atoms with E-state index in [-0.39, 0.29) is 23.1 Å². The molecule has 1 N–H and O–H groups in total. The molecule has 2 aliphatic heterocycles. The van der Waals surface area contributed by atoms with E-state index in [0.717, 1.165) is 22.0 Å². The van der Waals surface area contributed by atoms with Crippen molar-refractivity contribution in [2.75, 3.05) is 0 Å².